The molecule has 1 fully saturated rings. The van der Waals surface area contributed by atoms with E-state index < -0.39 is 0 Å². The third-order valence-corrected chi connectivity index (χ3v) is 3.73. The molecule has 0 amide bonds. The number of hydrogen-bond donors (Lipinski definition) is 0. The molecule has 0 bridgehead atoms. The lowest BCUT2D eigenvalue weighted by atomic mass is 9.74. The molecule has 0 atom stereocenters. The van der Waals surface area contributed by atoms with Crippen molar-refractivity contribution >= 4 is 21.9 Å². The van der Waals surface area contributed by atoms with Gasteiger partial charge in [0.15, 0.2) is 0 Å². The average Bonchev–Trinajstić information content (AvgIpc) is 2.27. The van der Waals surface area contributed by atoms with E-state index in [1.54, 1.807) is 0 Å². The van der Waals surface area contributed by atoms with Gasteiger partial charge in [0.1, 0.15) is 0 Å². The number of carbonyl (C=O) groups excluding carboxylic acids is 1. The van der Waals surface area contributed by atoms with Gasteiger partial charge in [0.2, 0.25) is 0 Å². The summed E-state index contributed by atoms with van der Waals surface area (Å²) in [6.45, 7) is 3.22. The minimum Gasteiger partial charge on any atom is -0.469 e. The predicted molar refractivity (Wildman–Crippen MR) is 68.0 cm³/mol. The van der Waals surface area contributed by atoms with Crippen molar-refractivity contribution in [3.8, 4) is 0 Å². The van der Waals surface area contributed by atoms with Crippen molar-refractivity contribution in [2.75, 3.05) is 20.3 Å². The van der Waals surface area contributed by atoms with Crippen molar-refractivity contribution < 1.29 is 14.3 Å². The number of halogens is 1. The van der Waals surface area contributed by atoms with E-state index >= 15 is 0 Å². The normalized spacial score (nSPS) is 17.4. The Morgan fingerprint density at radius 1 is 1.53 bits per heavy atom. The first kappa shape index (κ1) is 12.6. The van der Waals surface area contributed by atoms with Crippen molar-refractivity contribution in [1.29, 1.82) is 0 Å². The summed E-state index contributed by atoms with van der Waals surface area (Å²) in [5.74, 6) is -0.187. The zero-order chi connectivity index (χ0) is 12.5. The van der Waals surface area contributed by atoms with Crippen LogP contribution in [-0.4, -0.2) is 26.3 Å². The monoisotopic (exact) mass is 298 g/mol. The smallest absolute Gasteiger partial charge is 0.306 e. The van der Waals surface area contributed by atoms with Gasteiger partial charge in [-0.15, -0.1) is 0 Å². The average molecular weight is 299 g/mol. The Kier molecular flexibility index (Phi) is 3.54. The molecule has 0 spiro atoms. The van der Waals surface area contributed by atoms with Gasteiger partial charge in [-0.3, -0.25) is 4.79 Å². The Morgan fingerprint density at radius 3 is 2.76 bits per heavy atom. The van der Waals surface area contributed by atoms with Gasteiger partial charge < -0.3 is 9.47 Å². The van der Waals surface area contributed by atoms with Crippen molar-refractivity contribution in [3.63, 3.8) is 0 Å². The van der Waals surface area contributed by atoms with Crippen molar-refractivity contribution in [2.45, 2.75) is 18.8 Å². The molecule has 1 aromatic carbocycles. The van der Waals surface area contributed by atoms with Crippen LogP contribution in [0.25, 0.3) is 0 Å². The topological polar surface area (TPSA) is 35.5 Å². The fourth-order valence-electron chi connectivity index (χ4n) is 2.22. The number of aryl methyl sites for hydroxylation is 1. The Balaban J connectivity index is 2.34. The molecule has 0 unspecified atom stereocenters. The van der Waals surface area contributed by atoms with Crippen LogP contribution in [0.15, 0.2) is 22.7 Å². The highest BCUT2D eigenvalue weighted by Crippen LogP contribution is 2.38. The maximum atomic E-state index is 11.5. The first-order valence-corrected chi connectivity index (χ1v) is 6.28. The summed E-state index contributed by atoms with van der Waals surface area (Å²) in [4.78, 5) is 11.5. The van der Waals surface area contributed by atoms with E-state index in [0.717, 1.165) is 4.47 Å². The summed E-state index contributed by atoms with van der Waals surface area (Å²) >= 11 is 3.47. The first-order chi connectivity index (χ1) is 8.07. The lowest BCUT2D eigenvalue weighted by Gasteiger charge is -2.42. The number of methoxy groups -OCH3 is 1. The molecule has 0 aliphatic carbocycles. The minimum absolute atomic E-state index is 0.187. The van der Waals surface area contributed by atoms with Gasteiger partial charge in [-0.1, -0.05) is 22.0 Å². The van der Waals surface area contributed by atoms with E-state index in [4.69, 9.17) is 9.47 Å². The van der Waals surface area contributed by atoms with E-state index in [1.165, 1.54) is 18.2 Å². The van der Waals surface area contributed by atoms with Gasteiger partial charge in [-0.2, -0.15) is 0 Å². The Hall–Kier alpha value is -0.870. The Labute approximate surface area is 109 Å². The van der Waals surface area contributed by atoms with Crippen LogP contribution in [0.4, 0.5) is 0 Å². The summed E-state index contributed by atoms with van der Waals surface area (Å²) in [7, 11) is 1.42. The second-order valence-electron chi connectivity index (χ2n) is 4.49. The van der Waals surface area contributed by atoms with Crippen LogP contribution >= 0.6 is 15.9 Å². The van der Waals surface area contributed by atoms with Crippen LogP contribution in [0.5, 0.6) is 0 Å². The molecule has 1 aromatic rings. The molecule has 92 valence electrons. The second-order valence-corrected chi connectivity index (χ2v) is 5.40. The van der Waals surface area contributed by atoms with Gasteiger partial charge in [0.25, 0.3) is 0 Å². The molecule has 0 radical (unpaired) electrons. The number of carbonyl (C=O) groups is 1. The number of esters is 1. The number of benzene rings is 1. The molecular weight excluding hydrogens is 284 g/mol. The number of hydrogen-bond acceptors (Lipinski definition) is 3. The highest BCUT2D eigenvalue weighted by atomic mass is 79.9. The standard InChI is InChI=1S/C13H15BrO3/c1-9-3-4-10(14)5-11(9)13(7-17-8-13)6-12(15)16-2/h3-5H,6-8H2,1-2H3. The van der Waals surface area contributed by atoms with E-state index in [9.17, 15) is 4.79 Å². The summed E-state index contributed by atoms with van der Waals surface area (Å²) in [6, 6.07) is 6.13. The first-order valence-electron chi connectivity index (χ1n) is 5.49. The molecule has 0 saturated carbocycles. The molecule has 1 saturated heterocycles. The SMILES string of the molecule is COC(=O)CC1(c2cc(Br)ccc2C)COC1. The highest BCUT2D eigenvalue weighted by Gasteiger charge is 2.43. The van der Waals surface area contributed by atoms with Crippen LogP contribution in [0.2, 0.25) is 0 Å². The summed E-state index contributed by atoms with van der Waals surface area (Å²) in [6.07, 6.45) is 0.376. The maximum Gasteiger partial charge on any atom is 0.306 e. The van der Waals surface area contributed by atoms with E-state index in [2.05, 4.69) is 35.0 Å². The van der Waals surface area contributed by atoms with Crippen LogP contribution in [0, 0.1) is 6.92 Å². The molecule has 0 aromatic heterocycles. The third-order valence-electron chi connectivity index (χ3n) is 3.24. The number of rotatable bonds is 3. The van der Waals surface area contributed by atoms with E-state index in [0.29, 0.717) is 19.6 Å². The molecule has 17 heavy (non-hydrogen) atoms. The molecule has 1 aliphatic rings. The number of ether oxygens (including phenoxy) is 2. The van der Waals surface area contributed by atoms with Crippen LogP contribution in [0.1, 0.15) is 17.5 Å². The lowest BCUT2D eigenvalue weighted by Crippen LogP contribution is -2.48. The van der Waals surface area contributed by atoms with Crippen molar-refractivity contribution in [1.82, 2.24) is 0 Å². The predicted octanol–water partition coefficient (Wildman–Crippen LogP) is 2.59. The van der Waals surface area contributed by atoms with Gasteiger partial charge in [0, 0.05) is 4.47 Å². The van der Waals surface area contributed by atoms with Crippen LogP contribution in [-0.2, 0) is 19.7 Å². The van der Waals surface area contributed by atoms with Crippen LogP contribution in [0.3, 0.4) is 0 Å². The lowest BCUT2D eigenvalue weighted by molar-refractivity contribution is -0.148. The third kappa shape index (κ3) is 2.38. The summed E-state index contributed by atoms with van der Waals surface area (Å²) < 4.78 is 11.1. The zero-order valence-electron chi connectivity index (χ0n) is 9.96. The fraction of sp³-hybridized carbons (Fsp3) is 0.462. The molecule has 1 heterocycles. The van der Waals surface area contributed by atoms with Crippen LogP contribution < -0.4 is 0 Å². The molecule has 1 aliphatic heterocycles. The molecule has 4 heteroatoms. The van der Waals surface area contributed by atoms with Gasteiger partial charge in [-0.25, -0.2) is 0 Å². The van der Waals surface area contributed by atoms with Crippen molar-refractivity contribution in [3.05, 3.63) is 33.8 Å². The maximum absolute atomic E-state index is 11.5. The van der Waals surface area contributed by atoms with Gasteiger partial charge >= 0.3 is 5.97 Å². The largest absolute Gasteiger partial charge is 0.469 e. The van der Waals surface area contributed by atoms with Gasteiger partial charge in [0.05, 0.1) is 32.2 Å². The summed E-state index contributed by atoms with van der Waals surface area (Å²) in [5.41, 5.74) is 2.14. The molecule has 0 N–H and O–H groups in total. The van der Waals surface area contributed by atoms with Gasteiger partial charge in [-0.05, 0) is 30.2 Å². The second kappa shape index (κ2) is 4.78. The fourth-order valence-corrected chi connectivity index (χ4v) is 2.58. The van der Waals surface area contributed by atoms with E-state index in [1.807, 2.05) is 6.07 Å². The van der Waals surface area contributed by atoms with Crippen molar-refractivity contribution in [2.24, 2.45) is 0 Å². The van der Waals surface area contributed by atoms with E-state index in [-0.39, 0.29) is 11.4 Å². The highest BCUT2D eigenvalue weighted by molar-refractivity contribution is 9.10. The Bertz CT molecular complexity index is 438. The quantitative estimate of drug-likeness (QED) is 0.805. The molecular formula is C13H15BrO3. The summed E-state index contributed by atoms with van der Waals surface area (Å²) in [5, 5.41) is 0. The molecule has 2 rings (SSSR count). The Morgan fingerprint density at radius 2 is 2.24 bits per heavy atom. The minimum atomic E-state index is -0.207. The molecule has 3 nitrogen and oxygen atoms in total. The zero-order valence-corrected chi connectivity index (χ0v) is 11.5.